The molecule has 1 fully saturated rings. The number of carbonyl (C=O) groups is 2. The minimum absolute atomic E-state index is 0.000907. The Morgan fingerprint density at radius 1 is 0.792 bits per heavy atom. The molecule has 1 saturated carbocycles. The number of nitrogens with zero attached hydrogens (tertiary/aromatic N) is 2. The molecule has 0 saturated heterocycles. The Balaban J connectivity index is 1.58. The molecule has 48 heavy (non-hydrogen) atoms. The van der Waals surface area contributed by atoms with Gasteiger partial charge in [-0.05, 0) is 92.3 Å². The lowest BCUT2D eigenvalue weighted by atomic mass is 9.94. The third kappa shape index (κ3) is 8.89. The molecule has 1 aliphatic rings. The van der Waals surface area contributed by atoms with E-state index in [0.717, 1.165) is 58.7 Å². The summed E-state index contributed by atoms with van der Waals surface area (Å²) in [4.78, 5) is 30.4. The fourth-order valence-electron chi connectivity index (χ4n) is 6.35. The number of amides is 2. The van der Waals surface area contributed by atoms with Crippen molar-refractivity contribution in [1.29, 1.82) is 0 Å². The maximum Gasteiger partial charge on any atom is 0.264 e. The second-order valence-electron chi connectivity index (χ2n) is 12.9. The Bertz CT molecular complexity index is 1790. The zero-order chi connectivity index (χ0) is 34.3. The van der Waals surface area contributed by atoms with Gasteiger partial charge in [-0.25, -0.2) is 12.8 Å². The van der Waals surface area contributed by atoms with E-state index in [1.165, 1.54) is 29.2 Å². The smallest absolute Gasteiger partial charge is 0.264 e. The molecule has 0 heterocycles. The summed E-state index contributed by atoms with van der Waals surface area (Å²) in [5.74, 6) is -1.26. The van der Waals surface area contributed by atoms with Gasteiger partial charge in [0.05, 0.1) is 10.6 Å². The first-order valence-corrected chi connectivity index (χ1v) is 18.0. The van der Waals surface area contributed by atoms with Crippen LogP contribution in [0.2, 0.25) is 0 Å². The number of nitrogens with one attached hydrogen (secondary N) is 1. The number of carbonyl (C=O) groups excluding carboxylic acids is 2. The highest BCUT2D eigenvalue weighted by Gasteiger charge is 2.35. The van der Waals surface area contributed by atoms with Crippen molar-refractivity contribution >= 4 is 27.5 Å². The monoisotopic (exact) mass is 669 g/mol. The standard InChI is InChI=1S/C39H44FN3O4S/c1-28-14-20-36(21-15-28)48(46,47)43(35-23-29(2)22-30(3)24-35)27-38(44)42(26-32-16-18-33(40)19-17-32)37(25-31-10-6-4-7-11-31)39(45)41-34-12-8-5-9-13-34/h4,6-7,10-11,14-24,34,37H,5,8-9,12-13,25-27H2,1-3H3,(H,41,45)/t37-/m1/s1. The van der Waals surface area contributed by atoms with Gasteiger partial charge in [-0.3, -0.25) is 13.9 Å². The van der Waals surface area contributed by atoms with Crippen LogP contribution in [0.4, 0.5) is 10.1 Å². The fraction of sp³-hybridized carbons (Fsp3) is 0.333. The molecular formula is C39H44FN3O4S. The molecule has 0 spiro atoms. The van der Waals surface area contributed by atoms with E-state index in [4.69, 9.17) is 0 Å². The maximum atomic E-state index is 14.7. The van der Waals surface area contributed by atoms with Gasteiger partial charge in [0, 0.05) is 19.0 Å². The normalized spacial score (nSPS) is 14.2. The van der Waals surface area contributed by atoms with Gasteiger partial charge in [-0.2, -0.15) is 0 Å². The predicted molar refractivity (Wildman–Crippen MR) is 188 cm³/mol. The molecule has 5 rings (SSSR count). The molecular weight excluding hydrogens is 626 g/mol. The van der Waals surface area contributed by atoms with Crippen LogP contribution < -0.4 is 9.62 Å². The molecule has 2 amide bonds. The van der Waals surface area contributed by atoms with E-state index in [1.807, 2.05) is 57.2 Å². The number of benzene rings is 4. The number of rotatable bonds is 12. The quantitative estimate of drug-likeness (QED) is 0.176. The second kappa shape index (κ2) is 15.6. The summed E-state index contributed by atoms with van der Waals surface area (Å²) in [5.41, 5.74) is 4.43. The number of halogens is 1. The highest BCUT2D eigenvalue weighted by Crippen LogP contribution is 2.28. The Morgan fingerprint density at radius 2 is 1.42 bits per heavy atom. The number of hydrogen-bond donors (Lipinski definition) is 1. The lowest BCUT2D eigenvalue weighted by molar-refractivity contribution is -0.140. The minimum Gasteiger partial charge on any atom is -0.352 e. The van der Waals surface area contributed by atoms with Crippen LogP contribution in [-0.4, -0.2) is 43.8 Å². The Labute approximate surface area is 283 Å². The molecule has 7 nitrogen and oxygen atoms in total. The van der Waals surface area contributed by atoms with Crippen molar-refractivity contribution in [3.05, 3.63) is 131 Å². The van der Waals surface area contributed by atoms with Crippen LogP contribution in [0.5, 0.6) is 0 Å². The van der Waals surface area contributed by atoms with Crippen molar-refractivity contribution in [3.63, 3.8) is 0 Å². The summed E-state index contributed by atoms with van der Waals surface area (Å²) in [5, 5.41) is 3.21. The third-order valence-electron chi connectivity index (χ3n) is 8.87. The van der Waals surface area contributed by atoms with Crippen molar-refractivity contribution in [2.75, 3.05) is 10.8 Å². The molecule has 9 heteroatoms. The highest BCUT2D eigenvalue weighted by atomic mass is 32.2. The Morgan fingerprint density at radius 3 is 2.04 bits per heavy atom. The van der Waals surface area contributed by atoms with Crippen LogP contribution in [0.1, 0.15) is 59.9 Å². The molecule has 1 N–H and O–H groups in total. The van der Waals surface area contributed by atoms with Gasteiger partial charge >= 0.3 is 0 Å². The van der Waals surface area contributed by atoms with Crippen LogP contribution in [-0.2, 0) is 32.6 Å². The molecule has 0 bridgehead atoms. The minimum atomic E-state index is -4.20. The molecule has 0 radical (unpaired) electrons. The molecule has 1 aliphatic carbocycles. The van der Waals surface area contributed by atoms with Crippen LogP contribution in [0.25, 0.3) is 0 Å². The predicted octanol–water partition coefficient (Wildman–Crippen LogP) is 7.04. The Hall–Kier alpha value is -4.50. The van der Waals surface area contributed by atoms with Gasteiger partial charge < -0.3 is 10.2 Å². The number of hydrogen-bond acceptors (Lipinski definition) is 4. The van der Waals surface area contributed by atoms with E-state index in [0.29, 0.717) is 11.3 Å². The topological polar surface area (TPSA) is 86.8 Å². The molecule has 4 aromatic carbocycles. The van der Waals surface area contributed by atoms with E-state index < -0.39 is 34.3 Å². The van der Waals surface area contributed by atoms with E-state index >= 15 is 0 Å². The summed E-state index contributed by atoms with van der Waals surface area (Å²) < 4.78 is 43.7. The molecule has 4 aromatic rings. The van der Waals surface area contributed by atoms with Crippen LogP contribution >= 0.6 is 0 Å². The fourth-order valence-corrected chi connectivity index (χ4v) is 7.74. The first-order chi connectivity index (χ1) is 23.0. The zero-order valence-corrected chi connectivity index (χ0v) is 28.7. The number of aryl methyl sites for hydroxylation is 3. The average molecular weight is 670 g/mol. The van der Waals surface area contributed by atoms with Gasteiger partial charge in [-0.1, -0.05) is 85.5 Å². The van der Waals surface area contributed by atoms with Crippen molar-refractivity contribution in [3.8, 4) is 0 Å². The van der Waals surface area contributed by atoms with Crippen molar-refractivity contribution < 1.29 is 22.4 Å². The SMILES string of the molecule is Cc1ccc(S(=O)(=O)N(CC(=O)N(Cc2ccc(F)cc2)[C@H](Cc2ccccc2)C(=O)NC2CCCCC2)c2cc(C)cc(C)c2)cc1. The maximum absolute atomic E-state index is 14.7. The van der Waals surface area contributed by atoms with E-state index in [2.05, 4.69) is 5.32 Å². The largest absolute Gasteiger partial charge is 0.352 e. The first kappa shape index (κ1) is 34.8. The average Bonchev–Trinajstić information content (AvgIpc) is 3.06. The van der Waals surface area contributed by atoms with E-state index in [-0.39, 0.29) is 29.8 Å². The summed E-state index contributed by atoms with van der Waals surface area (Å²) in [7, 11) is -4.20. The van der Waals surface area contributed by atoms with Gasteiger partial charge in [0.1, 0.15) is 18.4 Å². The van der Waals surface area contributed by atoms with Crippen LogP contribution in [0.15, 0.2) is 102 Å². The second-order valence-corrected chi connectivity index (χ2v) is 14.7. The molecule has 252 valence electrons. The molecule has 0 aromatic heterocycles. The first-order valence-electron chi connectivity index (χ1n) is 16.6. The highest BCUT2D eigenvalue weighted by molar-refractivity contribution is 7.92. The lowest BCUT2D eigenvalue weighted by Crippen LogP contribution is -2.55. The lowest BCUT2D eigenvalue weighted by Gasteiger charge is -2.35. The summed E-state index contributed by atoms with van der Waals surface area (Å²) in [6.45, 7) is 5.07. The Kier molecular flexibility index (Phi) is 11.3. The van der Waals surface area contributed by atoms with Crippen molar-refractivity contribution in [1.82, 2.24) is 10.2 Å². The molecule has 1 atom stereocenters. The number of anilines is 1. The summed E-state index contributed by atoms with van der Waals surface area (Å²) in [6, 6.07) is 26.3. The van der Waals surface area contributed by atoms with Crippen LogP contribution in [0.3, 0.4) is 0 Å². The van der Waals surface area contributed by atoms with Crippen LogP contribution in [0, 0.1) is 26.6 Å². The summed E-state index contributed by atoms with van der Waals surface area (Å²) in [6.07, 6.45) is 5.12. The van der Waals surface area contributed by atoms with Crippen molar-refractivity contribution in [2.45, 2.75) is 82.8 Å². The molecule has 0 unspecified atom stereocenters. The van der Waals surface area contributed by atoms with Crippen molar-refractivity contribution in [2.24, 2.45) is 0 Å². The number of sulfonamides is 1. The summed E-state index contributed by atoms with van der Waals surface area (Å²) >= 11 is 0. The van der Waals surface area contributed by atoms with Gasteiger partial charge in [0.25, 0.3) is 10.0 Å². The third-order valence-corrected chi connectivity index (χ3v) is 10.7. The van der Waals surface area contributed by atoms with Gasteiger partial charge in [0.15, 0.2) is 0 Å². The zero-order valence-electron chi connectivity index (χ0n) is 27.9. The molecule has 0 aliphatic heterocycles. The van der Waals surface area contributed by atoms with E-state index in [9.17, 15) is 22.4 Å². The van der Waals surface area contributed by atoms with Gasteiger partial charge in [0.2, 0.25) is 11.8 Å². The van der Waals surface area contributed by atoms with Gasteiger partial charge in [-0.15, -0.1) is 0 Å². The van der Waals surface area contributed by atoms with E-state index in [1.54, 1.807) is 36.4 Å².